The Morgan fingerprint density at radius 3 is 2.65 bits per heavy atom. The van der Waals surface area contributed by atoms with Gasteiger partial charge in [0.25, 0.3) is 0 Å². The van der Waals surface area contributed by atoms with Gasteiger partial charge in [0.1, 0.15) is 5.84 Å². The molecule has 0 fully saturated rings. The average molecular weight is 308 g/mol. The molecule has 1 aromatic heterocycles. The normalized spacial score (nSPS) is 13.2. The van der Waals surface area contributed by atoms with E-state index in [0.717, 1.165) is 10.6 Å². The van der Waals surface area contributed by atoms with Gasteiger partial charge < -0.3 is 10.9 Å². The molecular formula is C14H14ClN3OS. The Kier molecular flexibility index (Phi) is 5.26. The first-order valence-corrected chi connectivity index (χ1v) is 7.24. The summed E-state index contributed by atoms with van der Waals surface area (Å²) in [5.41, 5.74) is 6.73. The second kappa shape index (κ2) is 7.17. The highest BCUT2D eigenvalue weighted by Crippen LogP contribution is 2.36. The summed E-state index contributed by atoms with van der Waals surface area (Å²) < 4.78 is 0. The van der Waals surface area contributed by atoms with Crippen molar-refractivity contribution in [3.63, 3.8) is 0 Å². The summed E-state index contributed by atoms with van der Waals surface area (Å²) in [5.74, 6) is 0.195. The maximum atomic E-state index is 8.75. The number of nitrogens with zero attached hydrogens (tertiary/aromatic N) is 2. The number of oxime groups is 1. The molecule has 0 spiro atoms. The topological polar surface area (TPSA) is 71.5 Å². The van der Waals surface area contributed by atoms with Crippen LogP contribution in [0.2, 0.25) is 5.02 Å². The van der Waals surface area contributed by atoms with Gasteiger partial charge in [-0.05, 0) is 17.7 Å². The van der Waals surface area contributed by atoms with E-state index in [4.69, 9.17) is 22.5 Å². The first-order chi connectivity index (χ1) is 9.69. The van der Waals surface area contributed by atoms with Crippen molar-refractivity contribution in [2.75, 3.05) is 0 Å². The number of benzene rings is 1. The van der Waals surface area contributed by atoms with Gasteiger partial charge in [0.05, 0.1) is 10.0 Å². The molecule has 1 aromatic carbocycles. The molecule has 0 amide bonds. The second-order valence-electron chi connectivity index (χ2n) is 4.13. The first kappa shape index (κ1) is 14.7. The van der Waals surface area contributed by atoms with E-state index in [1.54, 1.807) is 24.0 Å². The van der Waals surface area contributed by atoms with Gasteiger partial charge in [-0.1, -0.05) is 58.9 Å². The average Bonchev–Trinajstić information content (AvgIpc) is 2.49. The zero-order valence-electron chi connectivity index (χ0n) is 10.6. The van der Waals surface area contributed by atoms with Crippen LogP contribution in [0.25, 0.3) is 0 Å². The van der Waals surface area contributed by atoms with Gasteiger partial charge in [-0.2, -0.15) is 0 Å². The highest BCUT2D eigenvalue weighted by atomic mass is 35.5. The van der Waals surface area contributed by atoms with Gasteiger partial charge in [0, 0.05) is 17.9 Å². The van der Waals surface area contributed by atoms with E-state index in [1.807, 2.05) is 36.4 Å². The van der Waals surface area contributed by atoms with Crippen molar-refractivity contribution in [2.24, 2.45) is 10.9 Å². The lowest BCUT2D eigenvalue weighted by molar-refractivity contribution is 0.317. The van der Waals surface area contributed by atoms with Crippen LogP contribution in [0.3, 0.4) is 0 Å². The highest BCUT2D eigenvalue weighted by molar-refractivity contribution is 7.99. The largest absolute Gasteiger partial charge is 0.409 e. The van der Waals surface area contributed by atoms with Crippen LogP contribution in [0.1, 0.15) is 17.2 Å². The third kappa shape index (κ3) is 4.15. The van der Waals surface area contributed by atoms with Crippen molar-refractivity contribution < 1.29 is 5.21 Å². The van der Waals surface area contributed by atoms with Crippen molar-refractivity contribution in [1.29, 1.82) is 0 Å². The maximum absolute atomic E-state index is 8.75. The van der Waals surface area contributed by atoms with E-state index in [9.17, 15) is 0 Å². The fourth-order valence-electron chi connectivity index (χ4n) is 1.70. The van der Waals surface area contributed by atoms with Gasteiger partial charge in [-0.25, -0.2) is 4.98 Å². The molecule has 1 atom stereocenters. The molecule has 0 aliphatic carbocycles. The number of pyridine rings is 1. The quantitative estimate of drug-likeness (QED) is 0.290. The summed E-state index contributed by atoms with van der Waals surface area (Å²) >= 11 is 7.38. The molecule has 1 heterocycles. The van der Waals surface area contributed by atoms with Gasteiger partial charge in [0.2, 0.25) is 0 Å². The van der Waals surface area contributed by atoms with Crippen LogP contribution in [-0.4, -0.2) is 16.0 Å². The number of rotatable bonds is 5. The van der Waals surface area contributed by atoms with Crippen LogP contribution in [0.15, 0.2) is 58.8 Å². The molecule has 4 nitrogen and oxygen atoms in total. The molecule has 2 aromatic rings. The number of halogens is 1. The molecule has 2 rings (SSSR count). The number of hydrogen-bond acceptors (Lipinski definition) is 4. The van der Waals surface area contributed by atoms with E-state index >= 15 is 0 Å². The number of amidine groups is 1. The maximum Gasteiger partial charge on any atom is 0.140 e. The summed E-state index contributed by atoms with van der Waals surface area (Å²) in [7, 11) is 0. The summed E-state index contributed by atoms with van der Waals surface area (Å²) in [6.45, 7) is 0. The lowest BCUT2D eigenvalue weighted by Gasteiger charge is -2.15. The van der Waals surface area contributed by atoms with Gasteiger partial charge in [-0.3, -0.25) is 0 Å². The van der Waals surface area contributed by atoms with Crippen LogP contribution in [0.4, 0.5) is 0 Å². The third-order valence-electron chi connectivity index (χ3n) is 2.66. The molecule has 0 bridgehead atoms. The first-order valence-electron chi connectivity index (χ1n) is 5.98. The highest BCUT2D eigenvalue weighted by Gasteiger charge is 2.16. The summed E-state index contributed by atoms with van der Waals surface area (Å²) in [5, 5.41) is 13.3. The molecule has 104 valence electrons. The Morgan fingerprint density at radius 1 is 1.30 bits per heavy atom. The molecule has 0 aliphatic rings. The summed E-state index contributed by atoms with van der Waals surface area (Å²) in [4.78, 5) is 4.26. The van der Waals surface area contributed by atoms with E-state index in [1.165, 1.54) is 0 Å². The van der Waals surface area contributed by atoms with E-state index in [-0.39, 0.29) is 11.1 Å². The molecule has 20 heavy (non-hydrogen) atoms. The van der Waals surface area contributed by atoms with Crippen LogP contribution in [-0.2, 0) is 0 Å². The van der Waals surface area contributed by atoms with Crippen LogP contribution >= 0.6 is 23.4 Å². The SMILES string of the molecule is NC(CC(Sc1ccc(Cl)cn1)c1ccccc1)=NO. The molecule has 6 heteroatoms. The lowest BCUT2D eigenvalue weighted by Crippen LogP contribution is -2.14. The van der Waals surface area contributed by atoms with Crippen molar-refractivity contribution in [1.82, 2.24) is 4.98 Å². The molecular weight excluding hydrogens is 294 g/mol. The standard InChI is InChI=1S/C14H14ClN3OS/c15-11-6-7-14(17-9-11)20-12(8-13(16)18-19)10-4-2-1-3-5-10/h1-7,9,12,19H,8H2,(H2,16,18). The minimum Gasteiger partial charge on any atom is -0.409 e. The number of nitrogens with two attached hydrogens (primary N) is 1. The number of thioether (sulfide) groups is 1. The predicted octanol–water partition coefficient (Wildman–Crippen LogP) is 3.70. The van der Waals surface area contributed by atoms with Crippen LogP contribution in [0, 0.1) is 0 Å². The molecule has 0 radical (unpaired) electrons. The monoisotopic (exact) mass is 307 g/mol. The van der Waals surface area contributed by atoms with Crippen LogP contribution < -0.4 is 5.73 Å². The zero-order chi connectivity index (χ0) is 14.4. The van der Waals surface area contributed by atoms with Crippen molar-refractivity contribution in [3.05, 3.63) is 59.2 Å². The lowest BCUT2D eigenvalue weighted by atomic mass is 10.1. The second-order valence-corrected chi connectivity index (χ2v) is 5.79. The Hall–Kier alpha value is -1.72. The van der Waals surface area contributed by atoms with Gasteiger partial charge in [-0.15, -0.1) is 0 Å². The fraction of sp³-hybridized carbons (Fsp3) is 0.143. The summed E-state index contributed by atoms with van der Waals surface area (Å²) in [6.07, 6.45) is 2.05. The Morgan fingerprint density at radius 2 is 2.05 bits per heavy atom. The minimum absolute atomic E-state index is 0.0285. The van der Waals surface area contributed by atoms with E-state index in [0.29, 0.717) is 11.4 Å². The molecule has 3 N–H and O–H groups in total. The van der Waals surface area contributed by atoms with Crippen molar-refractivity contribution in [2.45, 2.75) is 16.7 Å². The van der Waals surface area contributed by atoms with Crippen molar-refractivity contribution >= 4 is 29.2 Å². The third-order valence-corrected chi connectivity index (χ3v) is 4.09. The Balaban J connectivity index is 2.20. The Bertz CT molecular complexity index is 575. The number of hydrogen-bond donors (Lipinski definition) is 2. The predicted molar refractivity (Wildman–Crippen MR) is 82.3 cm³/mol. The van der Waals surface area contributed by atoms with E-state index in [2.05, 4.69) is 10.1 Å². The van der Waals surface area contributed by atoms with Crippen molar-refractivity contribution in [3.8, 4) is 0 Å². The molecule has 0 saturated carbocycles. The van der Waals surface area contributed by atoms with E-state index < -0.39 is 0 Å². The van der Waals surface area contributed by atoms with Crippen LogP contribution in [0.5, 0.6) is 0 Å². The summed E-state index contributed by atoms with van der Waals surface area (Å²) in [6, 6.07) is 13.6. The minimum atomic E-state index is 0.0285. The number of aromatic nitrogens is 1. The smallest absolute Gasteiger partial charge is 0.140 e. The molecule has 0 aliphatic heterocycles. The fourth-order valence-corrected chi connectivity index (χ4v) is 2.91. The van der Waals surface area contributed by atoms with Gasteiger partial charge in [0.15, 0.2) is 0 Å². The molecule has 0 saturated heterocycles. The molecule has 1 unspecified atom stereocenters. The van der Waals surface area contributed by atoms with Gasteiger partial charge >= 0.3 is 0 Å². The zero-order valence-corrected chi connectivity index (χ0v) is 12.2. The Labute approximate surface area is 126 Å².